The quantitative estimate of drug-likeness (QED) is 0.720. The van der Waals surface area contributed by atoms with Gasteiger partial charge in [-0.25, -0.2) is 0 Å². The maximum absolute atomic E-state index is 5.52. The number of hydrogen-bond donors (Lipinski definition) is 1. The van der Waals surface area contributed by atoms with E-state index in [1.807, 2.05) is 26.0 Å². The predicted molar refractivity (Wildman–Crippen MR) is 60.3 cm³/mol. The molecule has 0 aromatic carbocycles. The van der Waals surface area contributed by atoms with E-state index < -0.39 is 0 Å². The molecule has 0 aliphatic heterocycles. The molecule has 0 bridgehead atoms. The van der Waals surface area contributed by atoms with Crippen molar-refractivity contribution in [3.63, 3.8) is 0 Å². The Morgan fingerprint density at radius 1 is 1.36 bits per heavy atom. The standard InChI is InChI=1S/C11H15N3/c1-8-4-10(5-9(2)14-8)11(6-12)7-13-3/h4-7H,12H2,1-3H3/b11-6+,13-7?. The number of rotatable bonds is 2. The van der Waals surface area contributed by atoms with Crippen LogP contribution in [0.5, 0.6) is 0 Å². The molecule has 0 atom stereocenters. The lowest BCUT2D eigenvalue weighted by Crippen LogP contribution is -1.95. The zero-order valence-corrected chi connectivity index (χ0v) is 8.78. The van der Waals surface area contributed by atoms with E-state index in [2.05, 4.69) is 9.98 Å². The van der Waals surface area contributed by atoms with Gasteiger partial charge in [-0.1, -0.05) is 0 Å². The highest BCUT2D eigenvalue weighted by atomic mass is 14.7. The third kappa shape index (κ3) is 2.42. The lowest BCUT2D eigenvalue weighted by Gasteiger charge is -2.03. The molecular formula is C11H15N3. The van der Waals surface area contributed by atoms with Crippen molar-refractivity contribution in [3.05, 3.63) is 35.3 Å². The Kier molecular flexibility index (Phi) is 3.40. The van der Waals surface area contributed by atoms with Crippen LogP contribution < -0.4 is 5.73 Å². The number of nitrogens with zero attached hydrogens (tertiary/aromatic N) is 2. The van der Waals surface area contributed by atoms with Crippen LogP contribution in [0.4, 0.5) is 0 Å². The van der Waals surface area contributed by atoms with Crippen LogP contribution >= 0.6 is 0 Å². The number of allylic oxidation sites excluding steroid dienone is 1. The monoisotopic (exact) mass is 189 g/mol. The van der Waals surface area contributed by atoms with Crippen molar-refractivity contribution in [2.24, 2.45) is 10.7 Å². The van der Waals surface area contributed by atoms with Gasteiger partial charge in [-0.05, 0) is 31.5 Å². The van der Waals surface area contributed by atoms with Crippen LogP contribution in [0.1, 0.15) is 17.0 Å². The van der Waals surface area contributed by atoms with Crippen LogP contribution in [0.25, 0.3) is 5.57 Å². The highest BCUT2D eigenvalue weighted by Crippen LogP contribution is 2.13. The van der Waals surface area contributed by atoms with Crippen LogP contribution in [-0.4, -0.2) is 18.2 Å². The molecule has 1 heterocycles. The van der Waals surface area contributed by atoms with Gasteiger partial charge in [-0.3, -0.25) is 9.98 Å². The highest BCUT2D eigenvalue weighted by molar-refractivity contribution is 6.09. The second-order valence-corrected chi connectivity index (χ2v) is 3.15. The Balaban J connectivity index is 3.17. The molecule has 1 aromatic rings. The smallest absolute Gasteiger partial charge is 0.0382 e. The summed E-state index contributed by atoms with van der Waals surface area (Å²) in [6, 6.07) is 3.99. The van der Waals surface area contributed by atoms with Crippen LogP contribution in [0, 0.1) is 13.8 Å². The highest BCUT2D eigenvalue weighted by Gasteiger charge is 2.00. The Hall–Kier alpha value is -1.64. The molecule has 0 fully saturated rings. The molecule has 74 valence electrons. The largest absolute Gasteiger partial charge is 0.404 e. The van der Waals surface area contributed by atoms with E-state index in [1.54, 1.807) is 19.5 Å². The van der Waals surface area contributed by atoms with Crippen molar-refractivity contribution < 1.29 is 0 Å². The first-order chi connectivity index (χ1) is 6.67. The van der Waals surface area contributed by atoms with Gasteiger partial charge in [0, 0.05) is 36.4 Å². The maximum Gasteiger partial charge on any atom is 0.0382 e. The molecule has 3 heteroatoms. The number of pyridine rings is 1. The third-order valence-electron chi connectivity index (χ3n) is 1.86. The molecular weight excluding hydrogens is 174 g/mol. The summed E-state index contributed by atoms with van der Waals surface area (Å²) in [4.78, 5) is 8.25. The molecule has 1 rings (SSSR count). The molecule has 0 radical (unpaired) electrons. The van der Waals surface area contributed by atoms with Gasteiger partial charge in [0.25, 0.3) is 0 Å². The molecule has 0 aliphatic rings. The van der Waals surface area contributed by atoms with E-state index in [0.717, 1.165) is 22.5 Å². The first-order valence-electron chi connectivity index (χ1n) is 4.47. The van der Waals surface area contributed by atoms with Gasteiger partial charge in [-0.15, -0.1) is 0 Å². The van der Waals surface area contributed by atoms with Gasteiger partial charge in [-0.2, -0.15) is 0 Å². The van der Waals surface area contributed by atoms with Gasteiger partial charge in [0.1, 0.15) is 0 Å². The molecule has 0 spiro atoms. The first-order valence-corrected chi connectivity index (χ1v) is 4.47. The topological polar surface area (TPSA) is 51.3 Å². The SMILES string of the molecule is CN=C/C(=C\N)c1cc(C)nc(C)c1. The fraction of sp³-hybridized carbons (Fsp3) is 0.273. The fourth-order valence-electron chi connectivity index (χ4n) is 1.35. The van der Waals surface area contributed by atoms with Crippen molar-refractivity contribution >= 4 is 11.8 Å². The van der Waals surface area contributed by atoms with Crippen LogP contribution in [-0.2, 0) is 0 Å². The minimum Gasteiger partial charge on any atom is -0.404 e. The fourth-order valence-corrected chi connectivity index (χ4v) is 1.35. The average molecular weight is 189 g/mol. The summed E-state index contributed by atoms with van der Waals surface area (Å²) in [5.41, 5.74) is 9.47. The van der Waals surface area contributed by atoms with Crippen LogP contribution in [0.2, 0.25) is 0 Å². The summed E-state index contributed by atoms with van der Waals surface area (Å²) >= 11 is 0. The Labute approximate surface area is 84.4 Å². The Bertz CT molecular complexity index is 358. The number of aromatic nitrogens is 1. The molecule has 0 unspecified atom stereocenters. The molecule has 0 aliphatic carbocycles. The summed E-state index contributed by atoms with van der Waals surface area (Å²) in [6.45, 7) is 3.93. The lowest BCUT2D eigenvalue weighted by molar-refractivity contribution is 1.12. The van der Waals surface area contributed by atoms with E-state index in [0.29, 0.717) is 0 Å². The Morgan fingerprint density at radius 2 is 1.93 bits per heavy atom. The van der Waals surface area contributed by atoms with Gasteiger partial charge in [0.05, 0.1) is 0 Å². The number of nitrogens with two attached hydrogens (primary N) is 1. The minimum absolute atomic E-state index is 0.918. The van der Waals surface area contributed by atoms with E-state index in [1.165, 1.54) is 0 Å². The summed E-state index contributed by atoms with van der Waals surface area (Å²) in [6.07, 6.45) is 3.30. The lowest BCUT2D eigenvalue weighted by atomic mass is 10.1. The first kappa shape index (κ1) is 10.4. The average Bonchev–Trinajstić information content (AvgIpc) is 2.12. The zero-order chi connectivity index (χ0) is 10.6. The molecule has 14 heavy (non-hydrogen) atoms. The normalized spacial score (nSPS) is 12.4. The summed E-state index contributed by atoms with van der Waals surface area (Å²) < 4.78 is 0. The van der Waals surface area contributed by atoms with Crippen LogP contribution in [0.3, 0.4) is 0 Å². The van der Waals surface area contributed by atoms with Crippen molar-refractivity contribution in [2.75, 3.05) is 7.05 Å². The number of hydrogen-bond acceptors (Lipinski definition) is 3. The predicted octanol–water partition coefficient (Wildman–Crippen LogP) is 1.70. The third-order valence-corrected chi connectivity index (χ3v) is 1.86. The number of aryl methyl sites for hydroxylation is 2. The second-order valence-electron chi connectivity index (χ2n) is 3.15. The summed E-state index contributed by atoms with van der Waals surface area (Å²) in [5, 5.41) is 0. The van der Waals surface area contributed by atoms with Gasteiger partial charge in [0.2, 0.25) is 0 Å². The van der Waals surface area contributed by atoms with Crippen molar-refractivity contribution in [1.82, 2.24) is 4.98 Å². The minimum atomic E-state index is 0.918. The molecule has 3 nitrogen and oxygen atoms in total. The van der Waals surface area contributed by atoms with Gasteiger partial charge in [0.15, 0.2) is 0 Å². The Morgan fingerprint density at radius 3 is 2.36 bits per heavy atom. The summed E-state index contributed by atoms with van der Waals surface area (Å²) in [5.74, 6) is 0. The van der Waals surface area contributed by atoms with Crippen molar-refractivity contribution in [1.29, 1.82) is 0 Å². The van der Waals surface area contributed by atoms with Gasteiger partial charge >= 0.3 is 0 Å². The molecule has 2 N–H and O–H groups in total. The molecule has 0 saturated carbocycles. The second kappa shape index (κ2) is 4.56. The van der Waals surface area contributed by atoms with E-state index in [4.69, 9.17) is 5.73 Å². The van der Waals surface area contributed by atoms with E-state index in [-0.39, 0.29) is 0 Å². The molecule has 0 saturated heterocycles. The molecule has 0 amide bonds. The zero-order valence-electron chi connectivity index (χ0n) is 8.78. The molecule has 1 aromatic heterocycles. The van der Waals surface area contributed by atoms with E-state index >= 15 is 0 Å². The van der Waals surface area contributed by atoms with Gasteiger partial charge < -0.3 is 5.73 Å². The van der Waals surface area contributed by atoms with Crippen molar-refractivity contribution in [3.8, 4) is 0 Å². The summed E-state index contributed by atoms with van der Waals surface area (Å²) in [7, 11) is 1.73. The van der Waals surface area contributed by atoms with E-state index in [9.17, 15) is 0 Å². The number of aliphatic imine (C=N–C) groups is 1. The van der Waals surface area contributed by atoms with Crippen LogP contribution in [0.15, 0.2) is 23.3 Å². The van der Waals surface area contributed by atoms with Crippen molar-refractivity contribution in [2.45, 2.75) is 13.8 Å². The maximum atomic E-state index is 5.52.